The molecule has 0 aliphatic heterocycles. The Balaban J connectivity index is 2.01. The average Bonchev–Trinajstić information content (AvgIpc) is 2.45. The molecule has 2 aromatic heterocycles. The Labute approximate surface area is 112 Å². The smallest absolute Gasteiger partial charge is 0.130 e. The zero-order valence-corrected chi connectivity index (χ0v) is 11.0. The van der Waals surface area contributed by atoms with Crippen LogP contribution < -0.4 is 5.32 Å². The highest BCUT2D eigenvalue weighted by Gasteiger charge is 2.04. The molecule has 3 aromatic rings. The molecule has 0 radical (unpaired) electrons. The van der Waals surface area contributed by atoms with Gasteiger partial charge in [0.2, 0.25) is 0 Å². The summed E-state index contributed by atoms with van der Waals surface area (Å²) in [6, 6.07) is 10.2. The molecule has 3 rings (SSSR count). The maximum Gasteiger partial charge on any atom is 0.130 e. The first-order valence-corrected chi connectivity index (χ1v) is 6.27. The van der Waals surface area contributed by atoms with Gasteiger partial charge in [-0.2, -0.15) is 0 Å². The molecule has 3 heteroatoms. The highest BCUT2D eigenvalue weighted by molar-refractivity contribution is 5.89. The van der Waals surface area contributed by atoms with Crippen LogP contribution in [-0.2, 0) is 0 Å². The van der Waals surface area contributed by atoms with E-state index in [4.69, 9.17) is 0 Å². The zero-order chi connectivity index (χ0) is 13.2. The van der Waals surface area contributed by atoms with Gasteiger partial charge < -0.3 is 5.32 Å². The summed E-state index contributed by atoms with van der Waals surface area (Å²) >= 11 is 0. The number of aryl methyl sites for hydroxylation is 2. The molecule has 0 atom stereocenters. The maximum absolute atomic E-state index is 4.37. The van der Waals surface area contributed by atoms with E-state index < -0.39 is 0 Å². The number of rotatable bonds is 2. The number of pyridine rings is 2. The minimum Gasteiger partial charge on any atom is -0.340 e. The number of hydrogen-bond acceptors (Lipinski definition) is 3. The summed E-state index contributed by atoms with van der Waals surface area (Å²) in [7, 11) is 0. The highest BCUT2D eigenvalue weighted by Crippen LogP contribution is 2.26. The number of fused-ring (bicyclic) bond motifs is 1. The van der Waals surface area contributed by atoms with E-state index in [1.807, 2.05) is 37.6 Å². The Hall–Kier alpha value is -2.42. The Morgan fingerprint density at radius 2 is 1.84 bits per heavy atom. The van der Waals surface area contributed by atoms with Gasteiger partial charge in [0.25, 0.3) is 0 Å². The van der Waals surface area contributed by atoms with E-state index in [9.17, 15) is 0 Å². The standard InChI is InChI=1S/C16H15N3/c1-11-3-6-16(18-9-11)19-15-5-4-13-10-17-8-7-14(13)12(15)2/h3-10H,1-2H3,(H,18,19). The lowest BCUT2D eigenvalue weighted by Crippen LogP contribution is -1.96. The van der Waals surface area contributed by atoms with Crippen molar-refractivity contribution in [1.29, 1.82) is 0 Å². The van der Waals surface area contributed by atoms with Gasteiger partial charge in [0.1, 0.15) is 5.82 Å². The molecule has 94 valence electrons. The minimum atomic E-state index is 0.863. The summed E-state index contributed by atoms with van der Waals surface area (Å²) in [5.41, 5.74) is 3.45. The molecule has 0 unspecified atom stereocenters. The van der Waals surface area contributed by atoms with Gasteiger partial charge in [0.05, 0.1) is 0 Å². The van der Waals surface area contributed by atoms with Gasteiger partial charge in [-0.25, -0.2) is 4.98 Å². The monoisotopic (exact) mass is 249 g/mol. The van der Waals surface area contributed by atoms with Crippen molar-refractivity contribution in [3.63, 3.8) is 0 Å². The predicted molar refractivity (Wildman–Crippen MR) is 78.7 cm³/mol. The molecular formula is C16H15N3. The van der Waals surface area contributed by atoms with Crippen molar-refractivity contribution in [2.24, 2.45) is 0 Å². The van der Waals surface area contributed by atoms with E-state index >= 15 is 0 Å². The molecule has 0 bridgehead atoms. The fourth-order valence-electron chi connectivity index (χ4n) is 2.14. The van der Waals surface area contributed by atoms with Gasteiger partial charge in [-0.3, -0.25) is 4.98 Å². The van der Waals surface area contributed by atoms with Crippen LogP contribution in [0.2, 0.25) is 0 Å². The number of anilines is 2. The third-order valence-electron chi connectivity index (χ3n) is 3.26. The van der Waals surface area contributed by atoms with Gasteiger partial charge in [-0.15, -0.1) is 0 Å². The molecule has 0 aliphatic rings. The van der Waals surface area contributed by atoms with Crippen molar-refractivity contribution in [2.75, 3.05) is 5.32 Å². The summed E-state index contributed by atoms with van der Waals surface area (Å²) in [5, 5.41) is 5.73. The van der Waals surface area contributed by atoms with Crippen molar-refractivity contribution >= 4 is 22.3 Å². The van der Waals surface area contributed by atoms with E-state index in [0.29, 0.717) is 0 Å². The number of hydrogen-bond donors (Lipinski definition) is 1. The number of nitrogens with zero attached hydrogens (tertiary/aromatic N) is 2. The highest BCUT2D eigenvalue weighted by atomic mass is 15.0. The van der Waals surface area contributed by atoms with Crippen LogP contribution in [-0.4, -0.2) is 9.97 Å². The van der Waals surface area contributed by atoms with Crippen molar-refractivity contribution < 1.29 is 0 Å². The molecule has 3 nitrogen and oxygen atoms in total. The second-order valence-corrected chi connectivity index (χ2v) is 4.68. The Morgan fingerprint density at radius 1 is 0.947 bits per heavy atom. The van der Waals surface area contributed by atoms with Crippen LogP contribution in [0.15, 0.2) is 48.9 Å². The van der Waals surface area contributed by atoms with Crippen LogP contribution in [0, 0.1) is 13.8 Å². The molecule has 0 saturated carbocycles. The topological polar surface area (TPSA) is 37.8 Å². The van der Waals surface area contributed by atoms with Crippen LogP contribution in [0.25, 0.3) is 10.8 Å². The molecule has 2 heterocycles. The van der Waals surface area contributed by atoms with E-state index in [1.54, 1.807) is 0 Å². The summed E-state index contributed by atoms with van der Waals surface area (Å²) in [6.45, 7) is 4.14. The molecule has 0 amide bonds. The molecule has 19 heavy (non-hydrogen) atoms. The average molecular weight is 249 g/mol. The molecule has 0 fully saturated rings. The van der Waals surface area contributed by atoms with Crippen molar-refractivity contribution in [1.82, 2.24) is 9.97 Å². The van der Waals surface area contributed by atoms with E-state index in [0.717, 1.165) is 22.5 Å². The first-order valence-electron chi connectivity index (χ1n) is 6.27. The fraction of sp³-hybridized carbons (Fsp3) is 0.125. The third-order valence-corrected chi connectivity index (χ3v) is 3.26. The number of nitrogens with one attached hydrogen (secondary N) is 1. The molecule has 0 aliphatic carbocycles. The maximum atomic E-state index is 4.37. The van der Waals surface area contributed by atoms with Crippen LogP contribution in [0.3, 0.4) is 0 Å². The molecule has 0 spiro atoms. The van der Waals surface area contributed by atoms with Crippen molar-refractivity contribution in [2.45, 2.75) is 13.8 Å². The summed E-state index contributed by atoms with van der Waals surface area (Å²) in [5.74, 6) is 0.863. The Bertz CT molecular complexity index is 718. The Morgan fingerprint density at radius 3 is 2.63 bits per heavy atom. The first-order chi connectivity index (χ1) is 9.24. The Kier molecular flexibility index (Phi) is 2.88. The van der Waals surface area contributed by atoms with Gasteiger partial charge in [0, 0.05) is 29.7 Å². The van der Waals surface area contributed by atoms with E-state index in [-0.39, 0.29) is 0 Å². The first kappa shape index (κ1) is 11.7. The lowest BCUT2D eigenvalue weighted by Gasteiger charge is -2.11. The van der Waals surface area contributed by atoms with Gasteiger partial charge >= 0.3 is 0 Å². The van der Waals surface area contributed by atoms with Crippen LogP contribution in [0.1, 0.15) is 11.1 Å². The second-order valence-electron chi connectivity index (χ2n) is 4.68. The normalized spacial score (nSPS) is 10.6. The van der Waals surface area contributed by atoms with Gasteiger partial charge in [0.15, 0.2) is 0 Å². The largest absolute Gasteiger partial charge is 0.340 e. The quantitative estimate of drug-likeness (QED) is 0.746. The second kappa shape index (κ2) is 4.69. The lowest BCUT2D eigenvalue weighted by molar-refractivity contribution is 1.25. The molecule has 0 saturated heterocycles. The third kappa shape index (κ3) is 2.27. The van der Waals surface area contributed by atoms with Crippen LogP contribution in [0.4, 0.5) is 11.5 Å². The zero-order valence-electron chi connectivity index (χ0n) is 11.0. The number of benzene rings is 1. The fourth-order valence-corrected chi connectivity index (χ4v) is 2.14. The molecular weight excluding hydrogens is 234 g/mol. The summed E-state index contributed by atoms with van der Waals surface area (Å²) in [6.07, 6.45) is 5.57. The lowest BCUT2D eigenvalue weighted by atomic mass is 10.1. The van der Waals surface area contributed by atoms with Crippen molar-refractivity contribution in [3.05, 3.63) is 60.0 Å². The predicted octanol–water partition coefficient (Wildman–Crippen LogP) is 3.99. The summed E-state index contributed by atoms with van der Waals surface area (Å²) in [4.78, 5) is 8.52. The molecule has 1 N–H and O–H groups in total. The van der Waals surface area contributed by atoms with Crippen LogP contribution in [0.5, 0.6) is 0 Å². The van der Waals surface area contributed by atoms with Gasteiger partial charge in [-0.1, -0.05) is 12.1 Å². The van der Waals surface area contributed by atoms with Gasteiger partial charge in [-0.05, 0) is 48.6 Å². The van der Waals surface area contributed by atoms with Crippen molar-refractivity contribution in [3.8, 4) is 0 Å². The molecule has 1 aromatic carbocycles. The van der Waals surface area contributed by atoms with Crippen LogP contribution >= 0.6 is 0 Å². The minimum absolute atomic E-state index is 0.863. The number of aromatic nitrogens is 2. The summed E-state index contributed by atoms with van der Waals surface area (Å²) < 4.78 is 0. The SMILES string of the molecule is Cc1ccc(Nc2ccc3cnccc3c2C)nc1. The van der Waals surface area contributed by atoms with E-state index in [2.05, 4.69) is 40.4 Å². The van der Waals surface area contributed by atoms with E-state index in [1.165, 1.54) is 10.9 Å².